The average molecular weight is 245 g/mol. The van der Waals surface area contributed by atoms with Gasteiger partial charge in [-0.25, -0.2) is 0 Å². The Balaban J connectivity index is 3.74. The molecule has 0 aromatic rings. The molecular weight excluding hydrogens is 218 g/mol. The molecule has 17 heavy (non-hydrogen) atoms. The lowest BCUT2D eigenvalue weighted by Gasteiger charge is -2.20. The Morgan fingerprint density at radius 1 is 1.41 bits per heavy atom. The van der Waals surface area contributed by atoms with Crippen LogP contribution < -0.4 is 11.1 Å². The van der Waals surface area contributed by atoms with Crippen molar-refractivity contribution in [2.24, 2.45) is 5.73 Å². The van der Waals surface area contributed by atoms with E-state index in [1.807, 2.05) is 14.0 Å². The summed E-state index contributed by atoms with van der Waals surface area (Å²) in [4.78, 5) is 13.3. The number of hydrogen-bond donors (Lipinski definition) is 2. The first-order chi connectivity index (χ1) is 8.11. The SMILES string of the molecule is CCCNC(CCN(C)CCOCC)C(N)=O. The number of nitrogens with one attached hydrogen (secondary N) is 1. The number of nitrogens with two attached hydrogens (primary N) is 1. The normalized spacial score (nSPS) is 12.9. The van der Waals surface area contributed by atoms with Crippen LogP contribution in [0.3, 0.4) is 0 Å². The third kappa shape index (κ3) is 9.09. The summed E-state index contributed by atoms with van der Waals surface area (Å²) in [5, 5.41) is 3.16. The van der Waals surface area contributed by atoms with Crippen LogP contribution in [0.4, 0.5) is 0 Å². The van der Waals surface area contributed by atoms with Gasteiger partial charge >= 0.3 is 0 Å². The Labute approximate surface area is 105 Å². The molecule has 0 bridgehead atoms. The number of nitrogens with zero attached hydrogens (tertiary/aromatic N) is 1. The summed E-state index contributed by atoms with van der Waals surface area (Å²) in [6.07, 6.45) is 1.75. The number of amides is 1. The smallest absolute Gasteiger partial charge is 0.234 e. The summed E-state index contributed by atoms with van der Waals surface area (Å²) >= 11 is 0. The highest BCUT2D eigenvalue weighted by atomic mass is 16.5. The van der Waals surface area contributed by atoms with Crippen molar-refractivity contribution >= 4 is 5.91 Å². The van der Waals surface area contributed by atoms with Crippen LogP contribution in [0.1, 0.15) is 26.7 Å². The molecule has 0 radical (unpaired) electrons. The van der Waals surface area contributed by atoms with Crippen molar-refractivity contribution in [3.8, 4) is 0 Å². The van der Waals surface area contributed by atoms with Gasteiger partial charge in [-0.3, -0.25) is 4.79 Å². The molecule has 0 heterocycles. The predicted octanol–water partition coefficient (Wildman–Crippen LogP) is 0.198. The number of carbonyl (C=O) groups excluding carboxylic acids is 1. The van der Waals surface area contributed by atoms with Crippen LogP contribution >= 0.6 is 0 Å². The third-order valence-corrected chi connectivity index (χ3v) is 2.61. The number of primary amides is 1. The molecule has 3 N–H and O–H groups in total. The van der Waals surface area contributed by atoms with Gasteiger partial charge < -0.3 is 20.7 Å². The van der Waals surface area contributed by atoms with Crippen molar-refractivity contribution in [2.45, 2.75) is 32.7 Å². The van der Waals surface area contributed by atoms with Gasteiger partial charge in [-0.1, -0.05) is 6.92 Å². The van der Waals surface area contributed by atoms with Crippen molar-refractivity contribution in [1.82, 2.24) is 10.2 Å². The third-order valence-electron chi connectivity index (χ3n) is 2.61. The Bertz CT molecular complexity index is 200. The highest BCUT2D eigenvalue weighted by Gasteiger charge is 2.14. The molecule has 1 amide bonds. The van der Waals surface area contributed by atoms with Gasteiger partial charge in [-0.15, -0.1) is 0 Å². The van der Waals surface area contributed by atoms with Crippen LogP contribution in [-0.4, -0.2) is 56.7 Å². The standard InChI is InChI=1S/C12H27N3O2/c1-4-7-14-11(12(13)16)6-8-15(3)9-10-17-5-2/h11,14H,4-10H2,1-3H3,(H2,13,16). The van der Waals surface area contributed by atoms with E-state index in [1.54, 1.807) is 0 Å². The van der Waals surface area contributed by atoms with E-state index in [9.17, 15) is 4.79 Å². The molecule has 5 nitrogen and oxygen atoms in total. The van der Waals surface area contributed by atoms with Gasteiger partial charge in [-0.2, -0.15) is 0 Å². The van der Waals surface area contributed by atoms with E-state index in [0.717, 1.165) is 45.7 Å². The molecule has 0 aliphatic carbocycles. The number of hydrogen-bond acceptors (Lipinski definition) is 4. The number of ether oxygens (including phenoxy) is 1. The fourth-order valence-electron chi connectivity index (χ4n) is 1.49. The van der Waals surface area contributed by atoms with Crippen molar-refractivity contribution < 1.29 is 9.53 Å². The zero-order valence-electron chi connectivity index (χ0n) is 11.4. The first-order valence-corrected chi connectivity index (χ1v) is 6.40. The van der Waals surface area contributed by atoms with Gasteiger partial charge in [0.2, 0.25) is 5.91 Å². The van der Waals surface area contributed by atoms with E-state index >= 15 is 0 Å². The molecule has 0 rings (SSSR count). The molecule has 5 heteroatoms. The molecular formula is C12H27N3O2. The van der Waals surface area contributed by atoms with Crippen LogP contribution in [0.5, 0.6) is 0 Å². The van der Waals surface area contributed by atoms with E-state index in [2.05, 4.69) is 17.1 Å². The Kier molecular flexibility index (Phi) is 10.1. The summed E-state index contributed by atoms with van der Waals surface area (Å²) in [6, 6.07) is -0.218. The topological polar surface area (TPSA) is 67.6 Å². The summed E-state index contributed by atoms with van der Waals surface area (Å²) in [7, 11) is 2.02. The number of rotatable bonds is 11. The average Bonchev–Trinajstić information content (AvgIpc) is 2.29. The second-order valence-corrected chi connectivity index (χ2v) is 4.20. The minimum absolute atomic E-state index is 0.218. The largest absolute Gasteiger partial charge is 0.380 e. The Hall–Kier alpha value is -0.650. The highest BCUT2D eigenvalue weighted by molar-refractivity contribution is 5.79. The molecule has 0 spiro atoms. The predicted molar refractivity (Wildman–Crippen MR) is 69.9 cm³/mol. The van der Waals surface area contributed by atoms with Crippen molar-refractivity contribution in [3.63, 3.8) is 0 Å². The van der Waals surface area contributed by atoms with Gasteiger partial charge in [0, 0.05) is 13.2 Å². The summed E-state index contributed by atoms with van der Waals surface area (Å²) in [5.74, 6) is -0.267. The molecule has 0 aromatic heterocycles. The number of carbonyl (C=O) groups is 1. The first-order valence-electron chi connectivity index (χ1n) is 6.40. The lowest BCUT2D eigenvalue weighted by atomic mass is 10.2. The molecule has 0 aliphatic rings. The minimum atomic E-state index is -0.267. The lowest BCUT2D eigenvalue weighted by molar-refractivity contribution is -0.120. The minimum Gasteiger partial charge on any atom is -0.380 e. The Morgan fingerprint density at radius 2 is 2.12 bits per heavy atom. The van der Waals surface area contributed by atoms with Crippen LogP contribution in [0, 0.1) is 0 Å². The second kappa shape index (κ2) is 10.5. The van der Waals surface area contributed by atoms with Gasteiger partial charge in [-0.05, 0) is 39.9 Å². The van der Waals surface area contributed by atoms with Crippen molar-refractivity contribution in [1.29, 1.82) is 0 Å². The Morgan fingerprint density at radius 3 is 2.65 bits per heavy atom. The summed E-state index contributed by atoms with van der Waals surface area (Å²) in [5.41, 5.74) is 5.34. The van der Waals surface area contributed by atoms with E-state index < -0.39 is 0 Å². The van der Waals surface area contributed by atoms with Crippen LogP contribution in [0.15, 0.2) is 0 Å². The van der Waals surface area contributed by atoms with Crippen LogP contribution in [0.2, 0.25) is 0 Å². The first kappa shape index (κ1) is 16.4. The van der Waals surface area contributed by atoms with Crippen LogP contribution in [0.25, 0.3) is 0 Å². The fourth-order valence-corrected chi connectivity index (χ4v) is 1.49. The van der Waals surface area contributed by atoms with Gasteiger partial charge in [0.05, 0.1) is 12.6 Å². The second-order valence-electron chi connectivity index (χ2n) is 4.20. The maximum Gasteiger partial charge on any atom is 0.234 e. The monoisotopic (exact) mass is 245 g/mol. The summed E-state index contributed by atoms with van der Waals surface area (Å²) in [6.45, 7) is 8.09. The molecule has 0 saturated carbocycles. The van der Waals surface area contributed by atoms with Crippen LogP contribution in [-0.2, 0) is 9.53 Å². The number of likely N-dealkylation sites (N-methyl/N-ethyl adjacent to an activating group) is 1. The quantitative estimate of drug-likeness (QED) is 0.510. The van der Waals surface area contributed by atoms with Crippen molar-refractivity contribution in [3.05, 3.63) is 0 Å². The van der Waals surface area contributed by atoms with Gasteiger partial charge in [0.1, 0.15) is 0 Å². The molecule has 0 aromatic carbocycles. The van der Waals surface area contributed by atoms with E-state index in [-0.39, 0.29) is 11.9 Å². The zero-order valence-corrected chi connectivity index (χ0v) is 11.4. The summed E-state index contributed by atoms with van der Waals surface area (Å²) < 4.78 is 5.27. The van der Waals surface area contributed by atoms with E-state index in [1.165, 1.54) is 0 Å². The highest BCUT2D eigenvalue weighted by Crippen LogP contribution is 1.95. The molecule has 0 saturated heterocycles. The molecule has 0 fully saturated rings. The molecule has 0 aliphatic heterocycles. The van der Waals surface area contributed by atoms with Gasteiger partial charge in [0.15, 0.2) is 0 Å². The molecule has 1 unspecified atom stereocenters. The fraction of sp³-hybridized carbons (Fsp3) is 0.917. The van der Waals surface area contributed by atoms with E-state index in [4.69, 9.17) is 10.5 Å². The molecule has 1 atom stereocenters. The van der Waals surface area contributed by atoms with E-state index in [0.29, 0.717) is 0 Å². The molecule has 102 valence electrons. The lowest BCUT2D eigenvalue weighted by Crippen LogP contribution is -2.43. The maximum absolute atomic E-state index is 11.2. The van der Waals surface area contributed by atoms with Gasteiger partial charge in [0.25, 0.3) is 0 Å². The maximum atomic E-state index is 11.2. The van der Waals surface area contributed by atoms with Crippen molar-refractivity contribution in [2.75, 3.05) is 39.9 Å². The zero-order chi connectivity index (χ0) is 13.1.